The summed E-state index contributed by atoms with van der Waals surface area (Å²) in [5.41, 5.74) is 0.706. The van der Waals surface area contributed by atoms with Gasteiger partial charge in [0.15, 0.2) is 11.3 Å². The third kappa shape index (κ3) is 3.35. The summed E-state index contributed by atoms with van der Waals surface area (Å²) >= 11 is 0. The third-order valence-corrected chi connectivity index (χ3v) is 6.00. The molecule has 3 atom stereocenters. The number of nitrogens with one attached hydrogen (secondary N) is 2. The fourth-order valence-corrected chi connectivity index (χ4v) is 4.46. The summed E-state index contributed by atoms with van der Waals surface area (Å²) in [6, 6.07) is 1.76. The van der Waals surface area contributed by atoms with Crippen LogP contribution in [0, 0.1) is 0 Å². The summed E-state index contributed by atoms with van der Waals surface area (Å²) in [5.74, 6) is 0.953. The zero-order chi connectivity index (χ0) is 20.7. The number of hydrogen-bond acceptors (Lipinski definition) is 6. The molecule has 2 saturated heterocycles. The maximum atomic E-state index is 15.1. The van der Waals surface area contributed by atoms with Gasteiger partial charge in [-0.1, -0.05) is 0 Å². The smallest absolute Gasteiger partial charge is 0.193 e. The molecule has 0 spiro atoms. The molecule has 3 aromatic heterocycles. The van der Waals surface area contributed by atoms with Gasteiger partial charge < -0.3 is 10.3 Å². The summed E-state index contributed by atoms with van der Waals surface area (Å²) in [6.07, 6.45) is 12.2. The molecule has 0 amide bonds. The highest BCUT2D eigenvalue weighted by Gasteiger charge is 2.45. The number of alkyl halides is 1. The molecule has 5 rings (SSSR count). The standard InChI is InChI=1S/C21H22FN7O/c1-21-4-2-3-14(26-21)7-13(20(21)22)8-18-24-11-16(27-28-18)15-10-25-19(9-17(15)30)29-6-5-23-12-29/h5-6,8-12,14,20,26H,2-4,7H2,1H3,(H,25,30)/b13-8+/t14-,20+,21+/m1/s1. The van der Waals surface area contributed by atoms with Crippen molar-refractivity contribution >= 4 is 6.08 Å². The molecule has 2 bridgehead atoms. The van der Waals surface area contributed by atoms with Gasteiger partial charge >= 0.3 is 0 Å². The van der Waals surface area contributed by atoms with E-state index in [-0.39, 0.29) is 5.43 Å². The quantitative estimate of drug-likeness (QED) is 0.692. The second-order valence-electron chi connectivity index (χ2n) is 8.20. The van der Waals surface area contributed by atoms with Crippen LogP contribution in [0.3, 0.4) is 0 Å². The van der Waals surface area contributed by atoms with E-state index in [4.69, 9.17) is 0 Å². The van der Waals surface area contributed by atoms with E-state index in [1.54, 1.807) is 35.6 Å². The fourth-order valence-electron chi connectivity index (χ4n) is 4.46. The first-order valence-electron chi connectivity index (χ1n) is 10.1. The second-order valence-corrected chi connectivity index (χ2v) is 8.20. The first kappa shape index (κ1) is 18.8. The van der Waals surface area contributed by atoms with E-state index in [1.165, 1.54) is 12.3 Å². The predicted octanol–water partition coefficient (Wildman–Crippen LogP) is 2.44. The fraction of sp³-hybridized carbons (Fsp3) is 0.381. The molecule has 0 aliphatic carbocycles. The van der Waals surface area contributed by atoms with Gasteiger partial charge in [0.1, 0.15) is 24.0 Å². The molecule has 2 fully saturated rings. The lowest BCUT2D eigenvalue weighted by Gasteiger charge is -2.47. The number of rotatable bonds is 3. The highest BCUT2D eigenvalue weighted by molar-refractivity contribution is 5.58. The van der Waals surface area contributed by atoms with Crippen LogP contribution in [0.15, 0.2) is 47.5 Å². The molecule has 2 aliphatic rings. The minimum Gasteiger partial charge on any atom is -0.347 e. The predicted molar refractivity (Wildman–Crippen MR) is 110 cm³/mol. The van der Waals surface area contributed by atoms with Gasteiger partial charge in [-0.3, -0.25) is 9.36 Å². The number of fused-ring (bicyclic) bond motifs is 2. The summed E-state index contributed by atoms with van der Waals surface area (Å²) in [4.78, 5) is 23.8. The Morgan fingerprint density at radius 3 is 3.00 bits per heavy atom. The topological polar surface area (TPSA) is 101 Å². The summed E-state index contributed by atoms with van der Waals surface area (Å²) in [7, 11) is 0. The Kier molecular flexibility index (Phi) is 4.54. The number of aromatic nitrogens is 6. The third-order valence-electron chi connectivity index (χ3n) is 6.00. The van der Waals surface area contributed by atoms with Crippen molar-refractivity contribution in [1.29, 1.82) is 0 Å². The largest absolute Gasteiger partial charge is 0.347 e. The SMILES string of the molecule is C[C@]12CCC[C@H](C/C(=C\c3ncc(-c4c[nH]c(-n5ccnc5)cc4=O)nn3)[C@@H]1F)N2. The zero-order valence-electron chi connectivity index (χ0n) is 16.5. The Morgan fingerprint density at radius 1 is 1.37 bits per heavy atom. The Labute approximate surface area is 172 Å². The molecule has 154 valence electrons. The minimum atomic E-state index is -1.07. The maximum Gasteiger partial charge on any atom is 0.193 e. The van der Waals surface area contributed by atoms with Crippen LogP contribution in [0.5, 0.6) is 0 Å². The number of pyridine rings is 1. The van der Waals surface area contributed by atoms with Crippen LogP contribution in [0.25, 0.3) is 23.2 Å². The van der Waals surface area contributed by atoms with E-state index in [0.717, 1.165) is 19.3 Å². The van der Waals surface area contributed by atoms with Crippen LogP contribution in [-0.4, -0.2) is 47.5 Å². The van der Waals surface area contributed by atoms with E-state index in [1.807, 2.05) is 6.92 Å². The van der Waals surface area contributed by atoms with Gasteiger partial charge in [0.2, 0.25) is 0 Å². The zero-order valence-corrected chi connectivity index (χ0v) is 16.5. The minimum absolute atomic E-state index is 0.206. The van der Waals surface area contributed by atoms with Crippen LogP contribution in [0.4, 0.5) is 4.39 Å². The lowest BCUT2D eigenvalue weighted by molar-refractivity contribution is 0.0993. The monoisotopic (exact) mass is 407 g/mol. The molecule has 30 heavy (non-hydrogen) atoms. The molecular weight excluding hydrogens is 385 g/mol. The van der Waals surface area contributed by atoms with Crippen molar-refractivity contribution in [3.63, 3.8) is 0 Å². The van der Waals surface area contributed by atoms with Crippen molar-refractivity contribution in [3.8, 4) is 17.1 Å². The molecule has 2 aliphatic heterocycles. The van der Waals surface area contributed by atoms with E-state index in [9.17, 15) is 4.79 Å². The second kappa shape index (κ2) is 7.24. The van der Waals surface area contributed by atoms with Crippen molar-refractivity contribution < 1.29 is 4.39 Å². The molecule has 9 heteroatoms. The van der Waals surface area contributed by atoms with Crippen LogP contribution in [0.1, 0.15) is 38.4 Å². The molecule has 5 heterocycles. The number of nitrogens with zero attached hydrogens (tertiary/aromatic N) is 5. The van der Waals surface area contributed by atoms with Crippen molar-refractivity contribution in [1.82, 2.24) is 35.0 Å². The van der Waals surface area contributed by atoms with Crippen molar-refractivity contribution in [2.24, 2.45) is 0 Å². The highest BCUT2D eigenvalue weighted by Crippen LogP contribution is 2.39. The van der Waals surface area contributed by atoms with Gasteiger partial charge in [-0.05, 0) is 44.3 Å². The molecule has 0 saturated carbocycles. The van der Waals surface area contributed by atoms with Crippen molar-refractivity contribution in [2.75, 3.05) is 0 Å². The Hall–Kier alpha value is -3.20. The number of H-pyrrole nitrogens is 1. The summed E-state index contributed by atoms with van der Waals surface area (Å²) in [6.45, 7) is 1.94. The van der Waals surface area contributed by atoms with E-state index in [0.29, 0.717) is 40.9 Å². The number of hydrogen-bond donors (Lipinski definition) is 2. The highest BCUT2D eigenvalue weighted by atomic mass is 19.1. The van der Waals surface area contributed by atoms with Gasteiger partial charge in [0.05, 0.1) is 17.3 Å². The maximum absolute atomic E-state index is 15.1. The molecular formula is C21H22FN7O. The molecule has 3 aromatic rings. The molecule has 2 N–H and O–H groups in total. The lowest BCUT2D eigenvalue weighted by Crippen LogP contribution is -2.61. The average molecular weight is 407 g/mol. The summed E-state index contributed by atoms with van der Waals surface area (Å²) < 4.78 is 16.8. The Balaban J connectivity index is 1.40. The van der Waals surface area contributed by atoms with Gasteiger partial charge in [0, 0.05) is 30.7 Å². The number of piperidine rings is 2. The summed E-state index contributed by atoms with van der Waals surface area (Å²) in [5, 5.41) is 11.7. The lowest BCUT2D eigenvalue weighted by atomic mass is 9.74. The van der Waals surface area contributed by atoms with E-state index < -0.39 is 11.7 Å². The van der Waals surface area contributed by atoms with Gasteiger partial charge in [-0.15, -0.1) is 10.2 Å². The molecule has 8 nitrogen and oxygen atoms in total. The van der Waals surface area contributed by atoms with Gasteiger partial charge in [-0.2, -0.15) is 0 Å². The molecule has 0 aromatic carbocycles. The average Bonchev–Trinajstić information content (AvgIpc) is 3.28. The van der Waals surface area contributed by atoms with Crippen LogP contribution >= 0.6 is 0 Å². The normalized spacial score (nSPS) is 27.3. The van der Waals surface area contributed by atoms with E-state index in [2.05, 4.69) is 30.5 Å². The number of imidazole rings is 1. The van der Waals surface area contributed by atoms with Gasteiger partial charge in [-0.25, -0.2) is 14.4 Å². The van der Waals surface area contributed by atoms with Crippen LogP contribution in [-0.2, 0) is 0 Å². The van der Waals surface area contributed by atoms with Crippen LogP contribution in [0.2, 0.25) is 0 Å². The Morgan fingerprint density at radius 2 is 2.27 bits per heavy atom. The molecule has 0 unspecified atom stereocenters. The first-order valence-corrected chi connectivity index (χ1v) is 10.1. The van der Waals surface area contributed by atoms with Crippen molar-refractivity contribution in [2.45, 2.75) is 50.4 Å². The molecule has 0 radical (unpaired) electrons. The van der Waals surface area contributed by atoms with Crippen molar-refractivity contribution in [3.05, 3.63) is 58.8 Å². The van der Waals surface area contributed by atoms with E-state index >= 15 is 4.39 Å². The number of aromatic amines is 1. The van der Waals surface area contributed by atoms with Gasteiger partial charge in [0.25, 0.3) is 0 Å². The van der Waals surface area contributed by atoms with Crippen LogP contribution < -0.4 is 10.7 Å². The number of halogens is 1. The first-order chi connectivity index (χ1) is 14.5. The Bertz CT molecular complexity index is 1140.